The molecule has 1 aromatic carbocycles. The maximum atomic E-state index is 12.8. The first-order valence-corrected chi connectivity index (χ1v) is 8.66. The summed E-state index contributed by atoms with van der Waals surface area (Å²) in [5.41, 5.74) is 3.32. The van der Waals surface area contributed by atoms with Crippen LogP contribution in [0.5, 0.6) is 5.75 Å². The molecule has 1 aliphatic rings. The van der Waals surface area contributed by atoms with E-state index in [2.05, 4.69) is 11.1 Å². The first kappa shape index (κ1) is 17.9. The topological polar surface area (TPSA) is 79.7 Å². The Balaban J connectivity index is 1.88. The van der Waals surface area contributed by atoms with Crippen LogP contribution < -0.4 is 4.74 Å². The van der Waals surface area contributed by atoms with Crippen LogP contribution >= 0.6 is 0 Å². The van der Waals surface area contributed by atoms with Gasteiger partial charge in [0.05, 0.1) is 12.2 Å². The quantitative estimate of drug-likeness (QED) is 0.863. The Morgan fingerprint density at radius 2 is 2.04 bits per heavy atom. The van der Waals surface area contributed by atoms with Gasteiger partial charge in [-0.05, 0) is 35.2 Å². The predicted molar refractivity (Wildman–Crippen MR) is 97.2 cm³/mol. The minimum atomic E-state index is -1.03. The van der Waals surface area contributed by atoms with Crippen LogP contribution in [0.25, 0.3) is 11.1 Å². The summed E-state index contributed by atoms with van der Waals surface area (Å²) in [7, 11) is 0. The Hall–Kier alpha value is -2.89. The summed E-state index contributed by atoms with van der Waals surface area (Å²) in [5, 5.41) is 9.09. The van der Waals surface area contributed by atoms with E-state index in [9.17, 15) is 9.59 Å². The molecule has 2 heterocycles. The molecule has 26 heavy (non-hydrogen) atoms. The lowest BCUT2D eigenvalue weighted by molar-refractivity contribution is -0.137. The third-order valence-electron chi connectivity index (χ3n) is 4.21. The average molecular weight is 354 g/mol. The lowest BCUT2D eigenvalue weighted by atomic mass is 10.0. The van der Waals surface area contributed by atoms with E-state index in [4.69, 9.17) is 9.84 Å². The molecule has 3 rings (SSSR count). The lowest BCUT2D eigenvalue weighted by Crippen LogP contribution is -2.38. The third-order valence-corrected chi connectivity index (χ3v) is 4.21. The number of pyridine rings is 1. The van der Waals surface area contributed by atoms with Crippen molar-refractivity contribution in [2.45, 2.75) is 20.3 Å². The Morgan fingerprint density at radius 3 is 2.77 bits per heavy atom. The molecule has 0 atom stereocenters. The number of carboxylic acids is 1. The zero-order chi connectivity index (χ0) is 18.7. The van der Waals surface area contributed by atoms with Crippen molar-refractivity contribution < 1.29 is 19.4 Å². The Labute approximate surface area is 152 Å². The molecule has 2 aromatic rings. The van der Waals surface area contributed by atoms with E-state index in [0.29, 0.717) is 18.7 Å². The van der Waals surface area contributed by atoms with E-state index in [1.165, 1.54) is 11.1 Å². The molecule has 0 bridgehead atoms. The minimum Gasteiger partial charge on any atom is -0.493 e. The van der Waals surface area contributed by atoms with Gasteiger partial charge in [0.1, 0.15) is 12.3 Å². The fourth-order valence-corrected chi connectivity index (χ4v) is 3.09. The van der Waals surface area contributed by atoms with Crippen LogP contribution in [0, 0.1) is 5.92 Å². The summed E-state index contributed by atoms with van der Waals surface area (Å²) in [5.74, 6) is -0.272. The molecular formula is C20H22N2O4. The second-order valence-electron chi connectivity index (χ2n) is 6.86. The smallest absolute Gasteiger partial charge is 0.323 e. The van der Waals surface area contributed by atoms with Crippen LogP contribution in [-0.4, -0.2) is 46.6 Å². The average Bonchev–Trinajstić information content (AvgIpc) is 3.07. The van der Waals surface area contributed by atoms with E-state index in [1.807, 2.05) is 26.0 Å². The summed E-state index contributed by atoms with van der Waals surface area (Å²) in [4.78, 5) is 29.4. The number of carboxylic acid groups (broad SMARTS) is 1. The highest BCUT2D eigenvalue weighted by atomic mass is 16.5. The van der Waals surface area contributed by atoms with Gasteiger partial charge in [-0.15, -0.1) is 0 Å². The molecule has 6 nitrogen and oxygen atoms in total. The van der Waals surface area contributed by atoms with Gasteiger partial charge in [-0.3, -0.25) is 14.6 Å². The van der Waals surface area contributed by atoms with Crippen molar-refractivity contribution in [1.82, 2.24) is 9.88 Å². The Kier molecular flexibility index (Phi) is 5.21. The van der Waals surface area contributed by atoms with Crippen LogP contribution in [0.15, 0.2) is 36.7 Å². The molecule has 6 heteroatoms. The van der Waals surface area contributed by atoms with E-state index < -0.39 is 5.97 Å². The highest BCUT2D eigenvalue weighted by Crippen LogP contribution is 2.30. The van der Waals surface area contributed by atoms with Crippen molar-refractivity contribution in [1.29, 1.82) is 0 Å². The number of carbonyl (C=O) groups excluding carboxylic acids is 1. The highest BCUT2D eigenvalue weighted by molar-refractivity contribution is 5.96. The van der Waals surface area contributed by atoms with Gasteiger partial charge in [0.15, 0.2) is 0 Å². The highest BCUT2D eigenvalue weighted by Gasteiger charge is 2.20. The fourth-order valence-electron chi connectivity index (χ4n) is 3.09. The molecule has 0 saturated carbocycles. The SMILES string of the molecule is CC(C)CN(CC(=O)O)C(=O)c1cncc(-c2ccc3c(c2)CCO3)c1. The normalized spacial score (nSPS) is 12.6. The number of fused-ring (bicyclic) bond motifs is 1. The van der Waals surface area contributed by atoms with Gasteiger partial charge in [0.2, 0.25) is 0 Å². The Bertz CT molecular complexity index is 832. The third kappa shape index (κ3) is 4.02. The molecule has 1 aromatic heterocycles. The van der Waals surface area contributed by atoms with Crippen molar-refractivity contribution >= 4 is 11.9 Å². The summed E-state index contributed by atoms with van der Waals surface area (Å²) in [6.45, 7) is 4.64. The van der Waals surface area contributed by atoms with E-state index in [0.717, 1.165) is 28.9 Å². The zero-order valence-electron chi connectivity index (χ0n) is 14.9. The summed E-state index contributed by atoms with van der Waals surface area (Å²) in [6, 6.07) is 7.69. The van der Waals surface area contributed by atoms with Gasteiger partial charge in [-0.1, -0.05) is 19.9 Å². The second kappa shape index (κ2) is 7.56. The number of aromatic nitrogens is 1. The second-order valence-corrected chi connectivity index (χ2v) is 6.86. The van der Waals surface area contributed by atoms with Crippen LogP contribution in [0.4, 0.5) is 0 Å². The van der Waals surface area contributed by atoms with Gasteiger partial charge in [-0.2, -0.15) is 0 Å². The maximum Gasteiger partial charge on any atom is 0.323 e. The standard InChI is InChI=1S/C20H22N2O4/c1-13(2)11-22(12-19(23)24)20(25)17-8-16(9-21-10-17)14-3-4-18-15(7-14)5-6-26-18/h3-4,7-10,13H,5-6,11-12H2,1-2H3,(H,23,24). The van der Waals surface area contributed by atoms with E-state index in [1.54, 1.807) is 12.3 Å². The zero-order valence-corrected chi connectivity index (χ0v) is 14.9. The van der Waals surface area contributed by atoms with Gasteiger partial charge in [-0.25, -0.2) is 0 Å². The van der Waals surface area contributed by atoms with Crippen molar-refractivity contribution in [3.05, 3.63) is 47.8 Å². The van der Waals surface area contributed by atoms with Crippen LogP contribution in [0.3, 0.4) is 0 Å². The van der Waals surface area contributed by atoms with Gasteiger partial charge >= 0.3 is 5.97 Å². The summed E-state index contributed by atoms with van der Waals surface area (Å²) in [6.07, 6.45) is 4.06. The first-order valence-electron chi connectivity index (χ1n) is 8.66. The molecule has 0 unspecified atom stereocenters. The molecule has 1 amide bonds. The molecule has 0 fully saturated rings. The molecule has 0 spiro atoms. The first-order chi connectivity index (χ1) is 12.4. The maximum absolute atomic E-state index is 12.8. The van der Waals surface area contributed by atoms with E-state index in [-0.39, 0.29) is 18.4 Å². The summed E-state index contributed by atoms with van der Waals surface area (Å²) < 4.78 is 5.52. The van der Waals surface area contributed by atoms with Crippen molar-refractivity contribution in [2.75, 3.05) is 19.7 Å². The fraction of sp³-hybridized carbons (Fsp3) is 0.350. The van der Waals surface area contributed by atoms with Crippen LogP contribution in [-0.2, 0) is 11.2 Å². The Morgan fingerprint density at radius 1 is 1.23 bits per heavy atom. The predicted octanol–water partition coefficient (Wildman–Crippen LogP) is 2.87. The summed E-state index contributed by atoms with van der Waals surface area (Å²) >= 11 is 0. The molecule has 136 valence electrons. The van der Waals surface area contributed by atoms with Crippen LogP contribution in [0.2, 0.25) is 0 Å². The largest absolute Gasteiger partial charge is 0.493 e. The molecule has 0 aliphatic carbocycles. The molecule has 0 saturated heterocycles. The number of rotatable bonds is 6. The number of nitrogens with zero attached hydrogens (tertiary/aromatic N) is 2. The van der Waals surface area contributed by atoms with Crippen molar-refractivity contribution in [3.8, 4) is 16.9 Å². The number of aliphatic carboxylic acids is 1. The van der Waals surface area contributed by atoms with Gasteiger partial charge in [0.25, 0.3) is 5.91 Å². The monoisotopic (exact) mass is 354 g/mol. The number of hydrogen-bond acceptors (Lipinski definition) is 4. The van der Waals surface area contributed by atoms with Crippen molar-refractivity contribution in [3.63, 3.8) is 0 Å². The molecular weight excluding hydrogens is 332 g/mol. The van der Waals surface area contributed by atoms with E-state index >= 15 is 0 Å². The lowest BCUT2D eigenvalue weighted by Gasteiger charge is -2.22. The molecule has 1 aliphatic heterocycles. The van der Waals surface area contributed by atoms with Gasteiger partial charge < -0.3 is 14.7 Å². The number of ether oxygens (including phenoxy) is 1. The number of hydrogen-bond donors (Lipinski definition) is 1. The van der Waals surface area contributed by atoms with Gasteiger partial charge in [0, 0.05) is 30.9 Å². The number of carbonyl (C=O) groups is 2. The number of amides is 1. The minimum absolute atomic E-state index is 0.172. The molecule has 0 radical (unpaired) electrons. The van der Waals surface area contributed by atoms with Crippen molar-refractivity contribution in [2.24, 2.45) is 5.92 Å². The molecule has 1 N–H and O–H groups in total. The number of benzene rings is 1. The van der Waals surface area contributed by atoms with Crippen LogP contribution in [0.1, 0.15) is 29.8 Å².